The van der Waals surface area contributed by atoms with E-state index < -0.39 is 17.8 Å². The number of nitrogens with two attached hydrogens (primary N) is 1. The van der Waals surface area contributed by atoms with E-state index in [2.05, 4.69) is 5.32 Å². The highest BCUT2D eigenvalue weighted by molar-refractivity contribution is 6.30. The first-order chi connectivity index (χ1) is 9.06. The molecule has 0 saturated carbocycles. The third-order valence-corrected chi connectivity index (χ3v) is 2.87. The first-order valence-corrected chi connectivity index (χ1v) is 6.01. The quantitative estimate of drug-likeness (QED) is 0.903. The van der Waals surface area contributed by atoms with Crippen LogP contribution in [0.4, 0.5) is 10.1 Å². The van der Waals surface area contributed by atoms with Gasteiger partial charge >= 0.3 is 0 Å². The van der Waals surface area contributed by atoms with Gasteiger partial charge in [0.2, 0.25) is 5.91 Å². The van der Waals surface area contributed by atoms with E-state index >= 15 is 0 Å². The van der Waals surface area contributed by atoms with Crippen molar-refractivity contribution in [3.05, 3.63) is 64.9 Å². The fourth-order valence-electron chi connectivity index (χ4n) is 1.72. The first kappa shape index (κ1) is 13.4. The number of carbonyl (C=O) groups excluding carboxylic acids is 1. The molecule has 1 atom stereocenters. The van der Waals surface area contributed by atoms with Crippen molar-refractivity contribution in [3.8, 4) is 0 Å². The Kier molecular flexibility index (Phi) is 4.02. The molecule has 5 heteroatoms. The van der Waals surface area contributed by atoms with Crippen LogP contribution in [0.15, 0.2) is 48.5 Å². The molecule has 3 N–H and O–H groups in total. The van der Waals surface area contributed by atoms with E-state index in [9.17, 15) is 9.18 Å². The number of hydrogen-bond acceptors (Lipinski definition) is 2. The maximum absolute atomic E-state index is 13.2. The van der Waals surface area contributed by atoms with Crippen LogP contribution in [-0.4, -0.2) is 5.91 Å². The van der Waals surface area contributed by atoms with Gasteiger partial charge in [0.25, 0.3) is 0 Å². The summed E-state index contributed by atoms with van der Waals surface area (Å²) in [5.74, 6) is -0.998. The molecule has 0 aromatic heterocycles. The standard InChI is InChI=1S/C14H12ClFN2O/c15-10-4-6-12(7-5-10)18-13(14(17)19)9-2-1-3-11(16)8-9/h1-8,13,18H,(H2,17,19). The molecule has 0 aliphatic rings. The van der Waals surface area contributed by atoms with Gasteiger partial charge in [-0.15, -0.1) is 0 Å². The molecule has 0 aliphatic heterocycles. The van der Waals surface area contributed by atoms with Crippen molar-refractivity contribution in [1.82, 2.24) is 0 Å². The predicted octanol–water partition coefficient (Wildman–Crippen LogP) is 3.12. The van der Waals surface area contributed by atoms with Crippen molar-refractivity contribution in [3.63, 3.8) is 0 Å². The smallest absolute Gasteiger partial charge is 0.244 e. The normalized spacial score (nSPS) is 11.9. The molecule has 2 aromatic rings. The molecule has 0 radical (unpaired) electrons. The summed E-state index contributed by atoms with van der Waals surface area (Å²) in [6.45, 7) is 0. The zero-order chi connectivity index (χ0) is 13.8. The molecule has 0 saturated heterocycles. The van der Waals surface area contributed by atoms with Crippen LogP contribution in [0.1, 0.15) is 11.6 Å². The van der Waals surface area contributed by atoms with Gasteiger partial charge in [-0.2, -0.15) is 0 Å². The largest absolute Gasteiger partial charge is 0.370 e. The first-order valence-electron chi connectivity index (χ1n) is 5.63. The van der Waals surface area contributed by atoms with Crippen LogP contribution in [0.25, 0.3) is 0 Å². The van der Waals surface area contributed by atoms with Crippen LogP contribution in [0.5, 0.6) is 0 Å². The molecular weight excluding hydrogens is 267 g/mol. The Hall–Kier alpha value is -2.07. The van der Waals surface area contributed by atoms with Crippen molar-refractivity contribution in [2.45, 2.75) is 6.04 Å². The molecule has 2 aromatic carbocycles. The third-order valence-electron chi connectivity index (χ3n) is 2.62. The van der Waals surface area contributed by atoms with Gasteiger partial charge in [0.15, 0.2) is 0 Å². The predicted molar refractivity (Wildman–Crippen MR) is 73.4 cm³/mol. The van der Waals surface area contributed by atoms with Crippen molar-refractivity contribution in [2.24, 2.45) is 5.73 Å². The zero-order valence-corrected chi connectivity index (χ0v) is 10.7. The SMILES string of the molecule is NC(=O)C(Nc1ccc(Cl)cc1)c1cccc(F)c1. The second-order valence-electron chi connectivity index (χ2n) is 4.04. The lowest BCUT2D eigenvalue weighted by Gasteiger charge is -2.17. The monoisotopic (exact) mass is 278 g/mol. The van der Waals surface area contributed by atoms with Crippen molar-refractivity contribution in [2.75, 3.05) is 5.32 Å². The highest BCUT2D eigenvalue weighted by atomic mass is 35.5. The molecule has 1 amide bonds. The number of nitrogens with one attached hydrogen (secondary N) is 1. The molecule has 98 valence electrons. The number of rotatable bonds is 4. The van der Waals surface area contributed by atoms with E-state index in [0.717, 1.165) is 0 Å². The van der Waals surface area contributed by atoms with E-state index in [0.29, 0.717) is 16.3 Å². The van der Waals surface area contributed by atoms with Crippen LogP contribution in [0, 0.1) is 5.82 Å². The second-order valence-corrected chi connectivity index (χ2v) is 4.48. The lowest BCUT2D eigenvalue weighted by Crippen LogP contribution is -2.27. The van der Waals surface area contributed by atoms with Gasteiger partial charge in [0, 0.05) is 10.7 Å². The van der Waals surface area contributed by atoms with Gasteiger partial charge in [-0.1, -0.05) is 23.7 Å². The van der Waals surface area contributed by atoms with Gasteiger partial charge in [0.1, 0.15) is 11.9 Å². The average molecular weight is 279 g/mol. The molecular formula is C14H12ClFN2O. The summed E-state index contributed by atoms with van der Waals surface area (Å²) in [6.07, 6.45) is 0. The molecule has 0 fully saturated rings. The Morgan fingerprint density at radius 3 is 2.47 bits per heavy atom. The number of benzene rings is 2. The summed E-state index contributed by atoms with van der Waals surface area (Å²) in [7, 11) is 0. The van der Waals surface area contributed by atoms with E-state index in [1.54, 1.807) is 30.3 Å². The summed E-state index contributed by atoms with van der Waals surface area (Å²) in [5.41, 5.74) is 6.50. The number of hydrogen-bond donors (Lipinski definition) is 2. The summed E-state index contributed by atoms with van der Waals surface area (Å²) in [4.78, 5) is 11.5. The minimum Gasteiger partial charge on any atom is -0.370 e. The summed E-state index contributed by atoms with van der Waals surface area (Å²) >= 11 is 5.78. The lowest BCUT2D eigenvalue weighted by atomic mass is 10.1. The highest BCUT2D eigenvalue weighted by Gasteiger charge is 2.17. The number of amides is 1. The summed E-state index contributed by atoms with van der Waals surface area (Å²) in [6, 6.07) is 11.8. The number of anilines is 1. The maximum atomic E-state index is 13.2. The molecule has 0 heterocycles. The van der Waals surface area contributed by atoms with Crippen LogP contribution in [-0.2, 0) is 4.79 Å². The minimum absolute atomic E-state index is 0.415. The van der Waals surface area contributed by atoms with Crippen LogP contribution >= 0.6 is 11.6 Å². The Bertz CT molecular complexity index is 586. The van der Waals surface area contributed by atoms with Crippen LogP contribution in [0.2, 0.25) is 5.02 Å². The maximum Gasteiger partial charge on any atom is 0.244 e. The molecule has 1 unspecified atom stereocenters. The Morgan fingerprint density at radius 2 is 1.89 bits per heavy atom. The van der Waals surface area contributed by atoms with Gasteiger partial charge in [-0.3, -0.25) is 4.79 Å². The molecule has 3 nitrogen and oxygen atoms in total. The van der Waals surface area contributed by atoms with E-state index in [-0.39, 0.29) is 0 Å². The van der Waals surface area contributed by atoms with Gasteiger partial charge in [-0.25, -0.2) is 4.39 Å². The summed E-state index contributed by atoms with van der Waals surface area (Å²) < 4.78 is 13.2. The van der Waals surface area contributed by atoms with Crippen molar-refractivity contribution >= 4 is 23.2 Å². The highest BCUT2D eigenvalue weighted by Crippen LogP contribution is 2.21. The van der Waals surface area contributed by atoms with E-state index in [1.807, 2.05) is 0 Å². The van der Waals surface area contributed by atoms with E-state index in [4.69, 9.17) is 17.3 Å². The van der Waals surface area contributed by atoms with Gasteiger partial charge in [0.05, 0.1) is 0 Å². The fraction of sp³-hybridized carbons (Fsp3) is 0.0714. The Morgan fingerprint density at radius 1 is 1.21 bits per heavy atom. The van der Waals surface area contributed by atoms with Gasteiger partial charge < -0.3 is 11.1 Å². The van der Waals surface area contributed by atoms with Gasteiger partial charge in [-0.05, 0) is 42.0 Å². The van der Waals surface area contributed by atoms with Crippen molar-refractivity contribution < 1.29 is 9.18 Å². The van der Waals surface area contributed by atoms with Crippen LogP contribution < -0.4 is 11.1 Å². The second kappa shape index (κ2) is 5.71. The third kappa shape index (κ3) is 3.45. The zero-order valence-electron chi connectivity index (χ0n) is 9.94. The molecule has 2 rings (SSSR count). The number of carbonyl (C=O) groups is 1. The minimum atomic E-state index is -0.795. The number of primary amides is 1. The number of halogens is 2. The average Bonchev–Trinajstić information content (AvgIpc) is 2.37. The molecule has 0 spiro atoms. The molecule has 0 aliphatic carbocycles. The van der Waals surface area contributed by atoms with Crippen molar-refractivity contribution in [1.29, 1.82) is 0 Å². The van der Waals surface area contributed by atoms with E-state index in [1.165, 1.54) is 18.2 Å². The topological polar surface area (TPSA) is 55.1 Å². The Balaban J connectivity index is 2.26. The lowest BCUT2D eigenvalue weighted by molar-refractivity contribution is -0.118. The fourth-order valence-corrected chi connectivity index (χ4v) is 1.84. The summed E-state index contributed by atoms with van der Waals surface area (Å²) in [5, 5.41) is 3.54. The molecule has 19 heavy (non-hydrogen) atoms. The van der Waals surface area contributed by atoms with Crippen LogP contribution in [0.3, 0.4) is 0 Å². The molecule has 0 bridgehead atoms. The Labute approximate surface area is 115 Å².